The largest absolute Gasteiger partial charge is 0.174 e. The summed E-state index contributed by atoms with van der Waals surface area (Å²) in [4.78, 5) is 0. The molecule has 0 radical (unpaired) electrons. The molecular formula is C6H10N2S3. The van der Waals surface area contributed by atoms with Crippen LogP contribution in [0.4, 0.5) is 0 Å². The molecule has 1 rings (SSSR count). The van der Waals surface area contributed by atoms with Crippen LogP contribution >= 0.6 is 34.9 Å². The Morgan fingerprint density at radius 2 is 2.18 bits per heavy atom. The summed E-state index contributed by atoms with van der Waals surface area (Å²) in [5.74, 6) is 2.32. The molecular weight excluding hydrogens is 196 g/mol. The summed E-state index contributed by atoms with van der Waals surface area (Å²) in [7, 11) is 0. The van der Waals surface area contributed by atoms with Crippen LogP contribution < -0.4 is 0 Å². The molecule has 2 nitrogen and oxygen atoms in total. The highest BCUT2D eigenvalue weighted by Crippen LogP contribution is 2.21. The Kier molecular flexibility index (Phi) is 4.25. The van der Waals surface area contributed by atoms with E-state index >= 15 is 0 Å². The molecule has 0 aliphatic carbocycles. The van der Waals surface area contributed by atoms with Gasteiger partial charge in [-0.15, -0.1) is 10.2 Å². The first-order valence-electron chi connectivity index (χ1n) is 3.25. The number of aryl methyl sites for hydroxylation is 1. The van der Waals surface area contributed by atoms with Gasteiger partial charge in [-0.1, -0.05) is 23.1 Å². The summed E-state index contributed by atoms with van der Waals surface area (Å²) in [5, 5.41) is 9.00. The second-order valence-electron chi connectivity index (χ2n) is 1.93. The first-order chi connectivity index (χ1) is 5.33. The van der Waals surface area contributed by atoms with Gasteiger partial charge in [0.15, 0.2) is 4.34 Å². The maximum absolute atomic E-state index is 4.01. The molecule has 0 fully saturated rings. The van der Waals surface area contributed by atoms with Crippen molar-refractivity contribution < 1.29 is 0 Å². The standard InChI is InChI=1S/C6H10N2S3/c1-5-7-8-6(11-5)10-4-3-9-2/h3-4H2,1-2H3. The van der Waals surface area contributed by atoms with Gasteiger partial charge in [0.2, 0.25) is 0 Å². The quantitative estimate of drug-likeness (QED) is 0.558. The number of nitrogens with zero attached hydrogens (tertiary/aromatic N) is 2. The van der Waals surface area contributed by atoms with Gasteiger partial charge in [0, 0.05) is 11.5 Å². The van der Waals surface area contributed by atoms with Crippen LogP contribution in [0, 0.1) is 6.92 Å². The van der Waals surface area contributed by atoms with E-state index < -0.39 is 0 Å². The van der Waals surface area contributed by atoms with Crippen molar-refractivity contribution in [3.05, 3.63) is 5.01 Å². The van der Waals surface area contributed by atoms with Gasteiger partial charge in [-0.05, 0) is 13.2 Å². The fourth-order valence-corrected chi connectivity index (χ4v) is 3.09. The van der Waals surface area contributed by atoms with Crippen LogP contribution in [0.25, 0.3) is 0 Å². The Morgan fingerprint density at radius 1 is 1.36 bits per heavy atom. The highest BCUT2D eigenvalue weighted by molar-refractivity contribution is 8.03. The van der Waals surface area contributed by atoms with E-state index in [1.54, 1.807) is 23.1 Å². The SMILES string of the molecule is CSCCSc1nnc(C)s1. The van der Waals surface area contributed by atoms with Gasteiger partial charge >= 0.3 is 0 Å². The van der Waals surface area contributed by atoms with Gasteiger partial charge in [0.25, 0.3) is 0 Å². The van der Waals surface area contributed by atoms with Crippen molar-refractivity contribution in [1.82, 2.24) is 10.2 Å². The second-order valence-corrected chi connectivity index (χ2v) is 5.44. The molecule has 62 valence electrons. The van der Waals surface area contributed by atoms with Gasteiger partial charge in [-0.3, -0.25) is 0 Å². The molecule has 1 aromatic heterocycles. The number of thioether (sulfide) groups is 2. The van der Waals surface area contributed by atoms with E-state index in [-0.39, 0.29) is 0 Å². The van der Waals surface area contributed by atoms with Crippen LogP contribution in [0.2, 0.25) is 0 Å². The number of aromatic nitrogens is 2. The van der Waals surface area contributed by atoms with E-state index in [1.807, 2.05) is 18.7 Å². The summed E-state index contributed by atoms with van der Waals surface area (Å²) < 4.78 is 1.09. The molecule has 0 atom stereocenters. The van der Waals surface area contributed by atoms with Crippen molar-refractivity contribution in [3.8, 4) is 0 Å². The summed E-state index contributed by atoms with van der Waals surface area (Å²) in [5.41, 5.74) is 0. The van der Waals surface area contributed by atoms with Crippen LogP contribution in [-0.4, -0.2) is 28.0 Å². The Balaban J connectivity index is 2.27. The second kappa shape index (κ2) is 5.00. The minimum absolute atomic E-state index is 1.05. The van der Waals surface area contributed by atoms with Gasteiger partial charge < -0.3 is 0 Å². The molecule has 5 heteroatoms. The Bertz CT molecular complexity index is 211. The zero-order chi connectivity index (χ0) is 8.10. The predicted molar refractivity (Wildman–Crippen MR) is 53.8 cm³/mol. The molecule has 1 heterocycles. The monoisotopic (exact) mass is 206 g/mol. The zero-order valence-electron chi connectivity index (χ0n) is 6.53. The van der Waals surface area contributed by atoms with Gasteiger partial charge in [-0.2, -0.15) is 11.8 Å². The van der Waals surface area contributed by atoms with Crippen molar-refractivity contribution in [2.75, 3.05) is 17.8 Å². The third-order valence-corrected chi connectivity index (χ3v) is 3.87. The lowest BCUT2D eigenvalue weighted by Gasteiger charge is -1.91. The van der Waals surface area contributed by atoms with Crippen molar-refractivity contribution in [3.63, 3.8) is 0 Å². The van der Waals surface area contributed by atoms with Crippen LogP contribution in [0.3, 0.4) is 0 Å². The first kappa shape index (κ1) is 9.35. The van der Waals surface area contributed by atoms with Gasteiger partial charge in [-0.25, -0.2) is 0 Å². The van der Waals surface area contributed by atoms with E-state index in [2.05, 4.69) is 16.5 Å². The van der Waals surface area contributed by atoms with E-state index in [9.17, 15) is 0 Å². The summed E-state index contributed by atoms with van der Waals surface area (Å²) >= 11 is 5.32. The van der Waals surface area contributed by atoms with Crippen LogP contribution in [0.5, 0.6) is 0 Å². The lowest BCUT2D eigenvalue weighted by molar-refractivity contribution is 0.984. The molecule has 0 aliphatic heterocycles. The fourth-order valence-electron chi connectivity index (χ4n) is 0.549. The Morgan fingerprint density at radius 3 is 2.73 bits per heavy atom. The summed E-state index contributed by atoms with van der Waals surface area (Å²) in [6, 6.07) is 0. The summed E-state index contributed by atoms with van der Waals surface area (Å²) in [6.07, 6.45) is 2.12. The third kappa shape index (κ3) is 3.44. The Labute approximate surface area is 79.2 Å². The minimum Gasteiger partial charge on any atom is -0.165 e. The molecule has 0 aromatic carbocycles. The number of hydrogen-bond donors (Lipinski definition) is 0. The minimum atomic E-state index is 1.05. The molecule has 0 aliphatic rings. The lowest BCUT2D eigenvalue weighted by atomic mass is 10.9. The van der Waals surface area contributed by atoms with E-state index in [1.165, 1.54) is 5.75 Å². The normalized spacial score (nSPS) is 10.4. The molecule has 0 saturated carbocycles. The van der Waals surface area contributed by atoms with Crippen LogP contribution in [0.15, 0.2) is 4.34 Å². The zero-order valence-corrected chi connectivity index (χ0v) is 8.98. The Hall–Kier alpha value is 0.260. The predicted octanol–water partition coefficient (Wildman–Crippen LogP) is 2.30. The average molecular weight is 206 g/mol. The van der Waals surface area contributed by atoms with Gasteiger partial charge in [0.1, 0.15) is 5.01 Å². The number of hydrogen-bond acceptors (Lipinski definition) is 5. The maximum Gasteiger partial charge on any atom is 0.174 e. The van der Waals surface area contributed by atoms with E-state index in [4.69, 9.17) is 0 Å². The van der Waals surface area contributed by atoms with Crippen LogP contribution in [0.1, 0.15) is 5.01 Å². The summed E-state index contributed by atoms with van der Waals surface area (Å²) in [6.45, 7) is 1.98. The van der Waals surface area contributed by atoms with Crippen molar-refractivity contribution in [2.24, 2.45) is 0 Å². The van der Waals surface area contributed by atoms with Crippen molar-refractivity contribution >= 4 is 34.9 Å². The van der Waals surface area contributed by atoms with E-state index in [0.29, 0.717) is 0 Å². The first-order valence-corrected chi connectivity index (χ1v) is 6.44. The lowest BCUT2D eigenvalue weighted by Crippen LogP contribution is -1.81. The van der Waals surface area contributed by atoms with Gasteiger partial charge in [0.05, 0.1) is 0 Å². The molecule has 0 amide bonds. The average Bonchev–Trinajstić information content (AvgIpc) is 2.37. The maximum atomic E-state index is 4.01. The molecule has 0 unspecified atom stereocenters. The van der Waals surface area contributed by atoms with E-state index in [0.717, 1.165) is 15.1 Å². The highest BCUT2D eigenvalue weighted by Gasteiger charge is 1.99. The molecule has 1 aromatic rings. The number of rotatable bonds is 4. The van der Waals surface area contributed by atoms with Crippen molar-refractivity contribution in [2.45, 2.75) is 11.3 Å². The highest BCUT2D eigenvalue weighted by atomic mass is 32.2. The third-order valence-electron chi connectivity index (χ3n) is 1.02. The topological polar surface area (TPSA) is 25.8 Å². The molecule has 0 N–H and O–H groups in total. The fraction of sp³-hybridized carbons (Fsp3) is 0.667. The van der Waals surface area contributed by atoms with Crippen molar-refractivity contribution in [1.29, 1.82) is 0 Å². The molecule has 0 spiro atoms. The molecule has 0 saturated heterocycles. The molecule has 11 heavy (non-hydrogen) atoms. The van der Waals surface area contributed by atoms with Crippen LogP contribution in [-0.2, 0) is 0 Å². The molecule has 0 bridgehead atoms. The smallest absolute Gasteiger partial charge is 0.165 e.